The Hall–Kier alpha value is -2.97. The number of amides is 1. The SMILES string of the molecule is Cc1cc(N2CCC(Nc3ncnc4nc[nH]c34)C2=O)n(C)n1. The van der Waals surface area contributed by atoms with E-state index < -0.39 is 0 Å². The Bertz CT molecular complexity index is 882. The molecule has 1 unspecified atom stereocenters. The van der Waals surface area contributed by atoms with Crippen molar-refractivity contribution in [3.63, 3.8) is 0 Å². The summed E-state index contributed by atoms with van der Waals surface area (Å²) in [5.74, 6) is 1.42. The van der Waals surface area contributed by atoms with Gasteiger partial charge in [0.05, 0.1) is 12.0 Å². The lowest BCUT2D eigenvalue weighted by Gasteiger charge is -2.17. The minimum atomic E-state index is -0.327. The second-order valence-corrected chi connectivity index (χ2v) is 5.57. The number of nitrogens with zero attached hydrogens (tertiary/aromatic N) is 6. The molecule has 9 heteroatoms. The molecule has 0 aliphatic carbocycles. The number of rotatable bonds is 3. The third-order valence-electron chi connectivity index (χ3n) is 3.99. The molecule has 0 bridgehead atoms. The molecule has 1 saturated heterocycles. The van der Waals surface area contributed by atoms with Crippen LogP contribution in [0, 0.1) is 6.92 Å². The van der Waals surface area contributed by atoms with E-state index in [-0.39, 0.29) is 11.9 Å². The Morgan fingerprint density at radius 3 is 3.00 bits per heavy atom. The van der Waals surface area contributed by atoms with Crippen LogP contribution in [0.25, 0.3) is 11.2 Å². The summed E-state index contributed by atoms with van der Waals surface area (Å²) >= 11 is 0. The minimum Gasteiger partial charge on any atom is -0.356 e. The number of aryl methyl sites for hydroxylation is 2. The largest absolute Gasteiger partial charge is 0.356 e. The van der Waals surface area contributed by atoms with Crippen LogP contribution in [0.4, 0.5) is 11.6 Å². The zero-order chi connectivity index (χ0) is 16.0. The maximum absolute atomic E-state index is 12.7. The Morgan fingerprint density at radius 2 is 2.22 bits per heavy atom. The van der Waals surface area contributed by atoms with Gasteiger partial charge in [0.15, 0.2) is 11.5 Å². The van der Waals surface area contributed by atoms with E-state index in [1.54, 1.807) is 15.9 Å². The summed E-state index contributed by atoms with van der Waals surface area (Å²) in [5, 5.41) is 7.50. The van der Waals surface area contributed by atoms with Crippen molar-refractivity contribution in [3.8, 4) is 0 Å². The number of hydrogen-bond acceptors (Lipinski definition) is 6. The molecule has 2 N–H and O–H groups in total. The maximum atomic E-state index is 12.7. The zero-order valence-corrected chi connectivity index (χ0v) is 12.8. The number of aromatic nitrogens is 6. The molecule has 118 valence electrons. The van der Waals surface area contributed by atoms with Crippen molar-refractivity contribution in [2.24, 2.45) is 7.05 Å². The number of carbonyl (C=O) groups is 1. The van der Waals surface area contributed by atoms with E-state index in [1.165, 1.54) is 6.33 Å². The molecule has 1 aliphatic rings. The Balaban J connectivity index is 1.59. The van der Waals surface area contributed by atoms with E-state index in [0.717, 1.165) is 11.5 Å². The number of nitrogens with one attached hydrogen (secondary N) is 2. The highest BCUT2D eigenvalue weighted by Crippen LogP contribution is 2.25. The fourth-order valence-corrected chi connectivity index (χ4v) is 2.93. The first-order valence-electron chi connectivity index (χ1n) is 7.36. The smallest absolute Gasteiger partial charge is 0.250 e. The lowest BCUT2D eigenvalue weighted by atomic mass is 10.2. The molecule has 1 atom stereocenters. The van der Waals surface area contributed by atoms with Gasteiger partial charge in [0, 0.05) is 19.7 Å². The summed E-state index contributed by atoms with van der Waals surface area (Å²) in [6.07, 6.45) is 3.70. The predicted octanol–water partition coefficient (Wildman–Crippen LogP) is 0.612. The van der Waals surface area contributed by atoms with Crippen LogP contribution in [0.3, 0.4) is 0 Å². The van der Waals surface area contributed by atoms with Crippen molar-refractivity contribution in [2.75, 3.05) is 16.8 Å². The van der Waals surface area contributed by atoms with Crippen molar-refractivity contribution in [1.29, 1.82) is 0 Å². The van der Waals surface area contributed by atoms with Gasteiger partial charge in [-0.15, -0.1) is 0 Å². The van der Waals surface area contributed by atoms with Gasteiger partial charge < -0.3 is 10.3 Å². The van der Waals surface area contributed by atoms with Crippen LogP contribution >= 0.6 is 0 Å². The summed E-state index contributed by atoms with van der Waals surface area (Å²) in [7, 11) is 1.84. The van der Waals surface area contributed by atoms with Gasteiger partial charge in [-0.05, 0) is 13.3 Å². The van der Waals surface area contributed by atoms with E-state index in [2.05, 4.69) is 30.4 Å². The third kappa shape index (κ3) is 2.20. The number of imidazole rings is 1. The average molecular weight is 312 g/mol. The number of H-pyrrole nitrogens is 1. The van der Waals surface area contributed by atoms with E-state index in [1.807, 2.05) is 20.0 Å². The van der Waals surface area contributed by atoms with E-state index >= 15 is 0 Å². The van der Waals surface area contributed by atoms with Crippen molar-refractivity contribution in [1.82, 2.24) is 29.7 Å². The fraction of sp³-hybridized carbons (Fsp3) is 0.357. The van der Waals surface area contributed by atoms with Gasteiger partial charge in [0.1, 0.15) is 23.7 Å². The molecule has 0 saturated carbocycles. The first-order chi connectivity index (χ1) is 11.1. The number of aromatic amines is 1. The first kappa shape index (κ1) is 13.7. The lowest BCUT2D eigenvalue weighted by Crippen LogP contribution is -2.34. The van der Waals surface area contributed by atoms with Gasteiger partial charge >= 0.3 is 0 Å². The Morgan fingerprint density at radius 1 is 1.35 bits per heavy atom. The van der Waals surface area contributed by atoms with Crippen LogP contribution < -0.4 is 10.2 Å². The van der Waals surface area contributed by atoms with Gasteiger partial charge in [-0.25, -0.2) is 15.0 Å². The fourth-order valence-electron chi connectivity index (χ4n) is 2.93. The molecule has 9 nitrogen and oxygen atoms in total. The van der Waals surface area contributed by atoms with Crippen LogP contribution in [0.15, 0.2) is 18.7 Å². The van der Waals surface area contributed by atoms with Crippen LogP contribution in [0.1, 0.15) is 12.1 Å². The van der Waals surface area contributed by atoms with Crippen molar-refractivity contribution < 1.29 is 4.79 Å². The summed E-state index contributed by atoms with van der Waals surface area (Å²) in [5.41, 5.74) is 2.17. The molecule has 1 aliphatic heterocycles. The van der Waals surface area contributed by atoms with Gasteiger partial charge in [-0.3, -0.25) is 14.4 Å². The second-order valence-electron chi connectivity index (χ2n) is 5.57. The molecule has 23 heavy (non-hydrogen) atoms. The molecule has 1 amide bonds. The lowest BCUT2D eigenvalue weighted by molar-refractivity contribution is -0.117. The molecule has 3 aromatic heterocycles. The zero-order valence-electron chi connectivity index (χ0n) is 12.8. The molecule has 4 rings (SSSR count). The van der Waals surface area contributed by atoms with Crippen LogP contribution in [0.5, 0.6) is 0 Å². The van der Waals surface area contributed by atoms with Gasteiger partial charge in [-0.2, -0.15) is 5.10 Å². The second kappa shape index (κ2) is 5.04. The third-order valence-corrected chi connectivity index (χ3v) is 3.99. The summed E-state index contributed by atoms with van der Waals surface area (Å²) < 4.78 is 1.73. The predicted molar refractivity (Wildman–Crippen MR) is 84.0 cm³/mol. The van der Waals surface area contributed by atoms with Crippen LogP contribution in [-0.2, 0) is 11.8 Å². The summed E-state index contributed by atoms with van der Waals surface area (Å²) in [6.45, 7) is 2.56. The highest BCUT2D eigenvalue weighted by atomic mass is 16.2. The van der Waals surface area contributed by atoms with Gasteiger partial charge in [0.2, 0.25) is 0 Å². The molecule has 0 radical (unpaired) electrons. The summed E-state index contributed by atoms with van der Waals surface area (Å²) in [4.78, 5) is 29.8. The van der Waals surface area contributed by atoms with E-state index in [0.29, 0.717) is 29.9 Å². The van der Waals surface area contributed by atoms with Crippen molar-refractivity contribution in [2.45, 2.75) is 19.4 Å². The monoisotopic (exact) mass is 312 g/mol. The number of anilines is 2. The Labute approximate surface area is 131 Å². The molecular weight excluding hydrogens is 296 g/mol. The van der Waals surface area contributed by atoms with Crippen molar-refractivity contribution in [3.05, 3.63) is 24.4 Å². The summed E-state index contributed by atoms with van der Waals surface area (Å²) in [6, 6.07) is 1.59. The molecule has 1 fully saturated rings. The standard InChI is InChI=1S/C14H16N8O/c1-8-5-10(21(2)20-8)22-4-3-9(14(22)23)19-13-11-12(16-6-15-11)17-7-18-13/h5-7,9H,3-4H2,1-2H3,(H2,15,16,17,18,19). The van der Waals surface area contributed by atoms with Crippen LogP contribution in [0.2, 0.25) is 0 Å². The van der Waals surface area contributed by atoms with Gasteiger partial charge in [0.25, 0.3) is 5.91 Å². The molecule has 0 spiro atoms. The Kier molecular flexibility index (Phi) is 3.00. The van der Waals surface area contributed by atoms with Crippen molar-refractivity contribution >= 4 is 28.7 Å². The van der Waals surface area contributed by atoms with Crippen LogP contribution in [-0.4, -0.2) is 48.2 Å². The first-order valence-corrected chi connectivity index (χ1v) is 7.36. The topological polar surface area (TPSA) is 105 Å². The highest BCUT2D eigenvalue weighted by molar-refractivity contribution is 6.01. The van der Waals surface area contributed by atoms with E-state index in [4.69, 9.17) is 0 Å². The number of carbonyl (C=O) groups excluding carboxylic acids is 1. The van der Waals surface area contributed by atoms with E-state index in [9.17, 15) is 4.79 Å². The number of fused-ring (bicyclic) bond motifs is 1. The molecule has 0 aromatic carbocycles. The maximum Gasteiger partial charge on any atom is 0.250 e. The number of hydrogen-bond donors (Lipinski definition) is 2. The minimum absolute atomic E-state index is 0.0132. The molecule has 4 heterocycles. The quantitative estimate of drug-likeness (QED) is 0.734. The normalized spacial score (nSPS) is 18.1. The average Bonchev–Trinajstić information content (AvgIpc) is 3.20. The molecular formula is C14H16N8O. The highest BCUT2D eigenvalue weighted by Gasteiger charge is 2.34. The molecule has 3 aromatic rings. The van der Waals surface area contributed by atoms with Gasteiger partial charge in [-0.1, -0.05) is 0 Å².